The summed E-state index contributed by atoms with van der Waals surface area (Å²) in [6.45, 7) is 12.2. The van der Waals surface area contributed by atoms with Gasteiger partial charge in [-0.3, -0.25) is 15.3 Å². The Labute approximate surface area is 230 Å². The molecular formula is C30H37FN8. The number of hydrogen-bond donors (Lipinski definition) is 3. The molecule has 3 heterocycles. The quantitative estimate of drug-likeness (QED) is 0.460. The van der Waals surface area contributed by atoms with Gasteiger partial charge in [-0.25, -0.2) is 19.8 Å². The van der Waals surface area contributed by atoms with Gasteiger partial charge in [-0.05, 0) is 74.2 Å². The number of benzene rings is 2. The summed E-state index contributed by atoms with van der Waals surface area (Å²) in [4.78, 5) is 12.0. The van der Waals surface area contributed by atoms with Crippen molar-refractivity contribution in [3.63, 3.8) is 0 Å². The maximum atomic E-state index is 13.6. The lowest BCUT2D eigenvalue weighted by molar-refractivity contribution is 0.220. The van der Waals surface area contributed by atoms with Gasteiger partial charge in [0.15, 0.2) is 5.84 Å². The number of hydrazine groups is 2. The fourth-order valence-corrected chi connectivity index (χ4v) is 5.16. The summed E-state index contributed by atoms with van der Waals surface area (Å²) in [5.41, 5.74) is 12.5. The van der Waals surface area contributed by atoms with E-state index < -0.39 is 0 Å². The van der Waals surface area contributed by atoms with Crippen LogP contribution >= 0.6 is 0 Å². The molecule has 5 rings (SSSR count). The second kappa shape index (κ2) is 12.3. The van der Waals surface area contributed by atoms with Gasteiger partial charge in [-0.15, -0.1) is 0 Å². The number of likely N-dealkylation sites (tertiary alicyclic amines) is 1. The molecule has 0 aliphatic carbocycles. The number of aliphatic imine (C=N–C) groups is 2. The van der Waals surface area contributed by atoms with Crippen molar-refractivity contribution in [2.75, 3.05) is 24.6 Å². The normalized spacial score (nSPS) is 20.2. The van der Waals surface area contributed by atoms with Crippen molar-refractivity contribution in [2.45, 2.75) is 45.8 Å². The van der Waals surface area contributed by atoms with Crippen molar-refractivity contribution in [2.24, 2.45) is 9.98 Å². The average Bonchev–Trinajstić information content (AvgIpc) is 3.31. The van der Waals surface area contributed by atoms with Gasteiger partial charge in [0.05, 0.1) is 17.9 Å². The van der Waals surface area contributed by atoms with Gasteiger partial charge in [0, 0.05) is 44.1 Å². The molecule has 9 heteroatoms. The minimum Gasteiger partial charge on any atom is -0.386 e. The highest BCUT2D eigenvalue weighted by Crippen LogP contribution is 2.31. The first-order valence-corrected chi connectivity index (χ1v) is 13.5. The zero-order valence-corrected chi connectivity index (χ0v) is 22.7. The molecule has 0 atom stereocenters. The summed E-state index contributed by atoms with van der Waals surface area (Å²) in [7, 11) is 0. The average molecular weight is 529 g/mol. The van der Waals surface area contributed by atoms with Crippen LogP contribution in [0.5, 0.6) is 0 Å². The van der Waals surface area contributed by atoms with Crippen molar-refractivity contribution < 1.29 is 4.39 Å². The second-order valence-electron chi connectivity index (χ2n) is 10.1. The van der Waals surface area contributed by atoms with Crippen LogP contribution in [0.3, 0.4) is 0 Å². The first-order chi connectivity index (χ1) is 19.0. The van der Waals surface area contributed by atoms with Gasteiger partial charge in [0.1, 0.15) is 17.9 Å². The van der Waals surface area contributed by atoms with E-state index in [0.29, 0.717) is 25.0 Å². The second-order valence-corrected chi connectivity index (χ2v) is 10.1. The minimum atomic E-state index is -0.222. The highest BCUT2D eigenvalue weighted by atomic mass is 19.1. The Morgan fingerprint density at radius 2 is 2.08 bits per heavy atom. The van der Waals surface area contributed by atoms with Crippen LogP contribution in [0.4, 0.5) is 15.8 Å². The van der Waals surface area contributed by atoms with Gasteiger partial charge >= 0.3 is 0 Å². The number of rotatable bonds is 8. The van der Waals surface area contributed by atoms with Crippen LogP contribution in [0.2, 0.25) is 0 Å². The summed E-state index contributed by atoms with van der Waals surface area (Å²) in [5.74, 6) is 0.439. The molecule has 2 aromatic rings. The van der Waals surface area contributed by atoms with Crippen molar-refractivity contribution in [3.8, 4) is 0 Å². The van der Waals surface area contributed by atoms with Crippen LogP contribution in [-0.4, -0.2) is 47.8 Å². The molecule has 3 aliphatic heterocycles. The molecule has 0 saturated carbocycles. The highest BCUT2D eigenvalue weighted by Gasteiger charge is 2.22. The molecule has 39 heavy (non-hydrogen) atoms. The Hall–Kier alpha value is -3.95. The number of hydrogen-bond acceptors (Lipinski definition) is 7. The molecule has 0 bridgehead atoms. The number of allylic oxidation sites excluding steroid dienone is 2. The van der Waals surface area contributed by atoms with E-state index in [2.05, 4.69) is 55.9 Å². The molecule has 1 saturated heterocycles. The van der Waals surface area contributed by atoms with Crippen LogP contribution in [-0.2, 0) is 13.1 Å². The maximum Gasteiger partial charge on any atom is 0.179 e. The predicted octanol–water partition coefficient (Wildman–Crippen LogP) is 4.73. The number of nitrogens with zero attached hydrogens (tertiary/aromatic N) is 5. The largest absolute Gasteiger partial charge is 0.386 e. The molecule has 0 radical (unpaired) electrons. The van der Waals surface area contributed by atoms with Gasteiger partial charge in [-0.1, -0.05) is 24.8 Å². The topological polar surface area (TPSA) is 70.5 Å². The molecule has 0 aromatic heterocycles. The van der Waals surface area contributed by atoms with Crippen molar-refractivity contribution >= 4 is 23.5 Å². The Kier molecular flexibility index (Phi) is 8.39. The minimum absolute atomic E-state index is 0.222. The van der Waals surface area contributed by atoms with Crippen molar-refractivity contribution in [1.29, 1.82) is 0 Å². The highest BCUT2D eigenvalue weighted by molar-refractivity contribution is 6.05. The fourth-order valence-electron chi connectivity index (χ4n) is 5.16. The zero-order chi connectivity index (χ0) is 27.2. The van der Waals surface area contributed by atoms with Crippen LogP contribution < -0.4 is 21.2 Å². The number of halogens is 1. The Morgan fingerprint density at radius 1 is 1.23 bits per heavy atom. The molecule has 0 amide bonds. The molecular weight excluding hydrogens is 491 g/mol. The third-order valence-electron chi connectivity index (χ3n) is 7.03. The lowest BCUT2D eigenvalue weighted by Gasteiger charge is -2.33. The number of amidine groups is 1. The van der Waals surface area contributed by atoms with E-state index in [1.54, 1.807) is 18.5 Å². The summed E-state index contributed by atoms with van der Waals surface area (Å²) < 4.78 is 13.6. The molecule has 204 valence electrons. The molecule has 2 aromatic carbocycles. The van der Waals surface area contributed by atoms with Gasteiger partial charge in [-0.2, -0.15) is 0 Å². The number of piperidine rings is 1. The smallest absolute Gasteiger partial charge is 0.179 e. The third kappa shape index (κ3) is 6.74. The monoisotopic (exact) mass is 528 g/mol. The fraction of sp³-hybridized carbons (Fsp3) is 0.333. The first kappa shape index (κ1) is 26.6. The van der Waals surface area contributed by atoms with E-state index in [1.165, 1.54) is 6.07 Å². The standard InChI is InChI=1S/C30H37FN8/c1-4-13-38-29(12-16-37-14-10-26(11-15-37)35-22(2)3)30(32-21-34-38)36-27-8-9-28-24(18-27)19-33-39(28)20-23-6-5-7-25(31)17-23/h4-9,12-13,17-18,21,26,33,35H,2,10-11,14-16,19-20H2,1,3H3,(H,32,34,36)/b13-4-,29-12+. The van der Waals surface area contributed by atoms with Crippen molar-refractivity contribution in [1.82, 2.24) is 26.1 Å². The Bertz CT molecular complexity index is 1310. The third-order valence-corrected chi connectivity index (χ3v) is 7.03. The molecule has 0 spiro atoms. The number of fused-ring (bicyclic) bond motifs is 1. The molecule has 8 nitrogen and oxygen atoms in total. The summed E-state index contributed by atoms with van der Waals surface area (Å²) in [5, 5.41) is 7.48. The van der Waals surface area contributed by atoms with Crippen molar-refractivity contribution in [3.05, 3.63) is 95.7 Å². The van der Waals surface area contributed by atoms with Gasteiger partial charge in [0.25, 0.3) is 0 Å². The van der Waals surface area contributed by atoms with Crippen LogP contribution in [0.1, 0.15) is 37.8 Å². The predicted molar refractivity (Wildman–Crippen MR) is 157 cm³/mol. The molecule has 0 unspecified atom stereocenters. The van der Waals surface area contributed by atoms with E-state index in [4.69, 9.17) is 4.99 Å². The van der Waals surface area contributed by atoms with Gasteiger partial charge in [0.2, 0.25) is 0 Å². The lowest BCUT2D eigenvalue weighted by atomic mass is 10.0. The summed E-state index contributed by atoms with van der Waals surface area (Å²) in [6.07, 6.45) is 10.0. The lowest BCUT2D eigenvalue weighted by Crippen LogP contribution is -2.42. The van der Waals surface area contributed by atoms with E-state index in [9.17, 15) is 4.39 Å². The van der Waals surface area contributed by atoms with E-state index in [0.717, 1.165) is 66.4 Å². The molecule has 3 N–H and O–H groups in total. The Morgan fingerprint density at radius 3 is 2.85 bits per heavy atom. The summed E-state index contributed by atoms with van der Waals surface area (Å²) >= 11 is 0. The summed E-state index contributed by atoms with van der Waals surface area (Å²) in [6, 6.07) is 13.4. The van der Waals surface area contributed by atoms with Crippen LogP contribution in [0.25, 0.3) is 0 Å². The molecule has 3 aliphatic rings. The van der Waals surface area contributed by atoms with E-state index >= 15 is 0 Å². The molecule has 1 fully saturated rings. The van der Waals surface area contributed by atoms with Crippen LogP contribution in [0.15, 0.2) is 88.8 Å². The SMILES string of the molecule is C=C(C)NC1CCN(C/C=C2\C(=Nc3ccc4c(c3)CNN4Cc3cccc(F)c3)N=CNN2/C=C\C)CC1. The van der Waals surface area contributed by atoms with E-state index in [-0.39, 0.29) is 5.82 Å². The first-order valence-electron chi connectivity index (χ1n) is 13.5. The zero-order valence-electron chi connectivity index (χ0n) is 22.7. The number of nitrogens with one attached hydrogen (secondary N) is 3. The van der Waals surface area contributed by atoms with E-state index in [1.807, 2.05) is 43.3 Å². The maximum absolute atomic E-state index is 13.6. The van der Waals surface area contributed by atoms with Crippen LogP contribution in [0, 0.1) is 5.82 Å². The van der Waals surface area contributed by atoms with Gasteiger partial charge < -0.3 is 10.3 Å². The number of anilines is 1. The Balaban J connectivity index is 1.31.